The molecule has 1 spiro atoms. The first-order valence-electron chi connectivity index (χ1n) is 11.8. The van der Waals surface area contributed by atoms with E-state index in [-0.39, 0.29) is 17.9 Å². The number of amides is 2. The quantitative estimate of drug-likeness (QED) is 0.265. The molecule has 8 heteroatoms. The summed E-state index contributed by atoms with van der Waals surface area (Å²) in [5.41, 5.74) is 0.206. The Morgan fingerprint density at radius 2 is 1.89 bits per heavy atom. The lowest BCUT2D eigenvalue weighted by atomic mass is 9.81. The molecule has 2 heterocycles. The number of ketones is 1. The molecule has 2 aromatic carbocycles. The van der Waals surface area contributed by atoms with Crippen LogP contribution in [0.3, 0.4) is 0 Å². The molecule has 1 N–H and O–H groups in total. The molecule has 1 fully saturated rings. The van der Waals surface area contributed by atoms with Gasteiger partial charge in [0.1, 0.15) is 18.1 Å². The summed E-state index contributed by atoms with van der Waals surface area (Å²) in [6.45, 7) is 6.62. The number of fused-ring (bicyclic) bond motifs is 2. The maximum Gasteiger partial charge on any atom is 0.296 e. The van der Waals surface area contributed by atoms with Crippen molar-refractivity contribution in [2.45, 2.75) is 18.9 Å². The van der Waals surface area contributed by atoms with E-state index in [0.29, 0.717) is 42.1 Å². The van der Waals surface area contributed by atoms with E-state index in [1.165, 1.54) is 9.80 Å². The number of Topliss-reactive ketones (excluding diaryl/α,β-unsaturated/α-hetero) is 1. The van der Waals surface area contributed by atoms with Crippen molar-refractivity contribution in [1.29, 1.82) is 0 Å². The molecule has 1 unspecified atom stereocenters. The fraction of sp³-hybridized carbons (Fsp3) is 0.321. The number of benzene rings is 2. The number of carbonyl (C=O) groups excluding carboxylic acids is 3. The highest BCUT2D eigenvalue weighted by molar-refractivity contribution is 6.50. The van der Waals surface area contributed by atoms with Crippen LogP contribution in [0.15, 0.2) is 60.7 Å². The van der Waals surface area contributed by atoms with Crippen molar-refractivity contribution in [3.63, 3.8) is 0 Å². The Hall–Kier alpha value is -3.91. The normalized spacial score (nSPS) is 20.5. The second kappa shape index (κ2) is 9.62. The number of aliphatic hydroxyl groups excluding tert-OH is 1. The predicted molar refractivity (Wildman–Crippen MR) is 138 cm³/mol. The van der Waals surface area contributed by atoms with Gasteiger partial charge in [0.15, 0.2) is 5.54 Å². The first kappa shape index (κ1) is 25.2. The number of aryl methyl sites for hydroxylation is 1. The Balaban J connectivity index is 1.93. The van der Waals surface area contributed by atoms with Gasteiger partial charge in [-0.05, 0) is 63.8 Å². The Labute approximate surface area is 211 Å². The van der Waals surface area contributed by atoms with Crippen LogP contribution < -0.4 is 9.64 Å². The number of rotatable bonds is 8. The molecule has 8 nitrogen and oxygen atoms in total. The third kappa shape index (κ3) is 3.78. The van der Waals surface area contributed by atoms with Crippen LogP contribution in [0.5, 0.6) is 5.75 Å². The van der Waals surface area contributed by atoms with Crippen LogP contribution in [0.4, 0.5) is 5.69 Å². The topological polar surface area (TPSA) is 90.4 Å². The van der Waals surface area contributed by atoms with Gasteiger partial charge in [-0.25, -0.2) is 0 Å². The molecule has 2 aliphatic heterocycles. The van der Waals surface area contributed by atoms with E-state index in [4.69, 9.17) is 4.74 Å². The molecule has 188 valence electrons. The van der Waals surface area contributed by atoms with Crippen LogP contribution in [0, 0.1) is 6.92 Å². The highest BCUT2D eigenvalue weighted by Crippen LogP contribution is 2.53. The minimum atomic E-state index is -1.73. The number of hydrogen-bond acceptors (Lipinski definition) is 6. The van der Waals surface area contributed by atoms with Crippen molar-refractivity contribution < 1.29 is 24.2 Å². The summed E-state index contributed by atoms with van der Waals surface area (Å²) in [7, 11) is 5.45. The number of ether oxygens (including phenoxy) is 1. The summed E-state index contributed by atoms with van der Waals surface area (Å²) < 4.78 is 5.63. The molecule has 2 amide bonds. The Morgan fingerprint density at radius 3 is 2.56 bits per heavy atom. The monoisotopic (exact) mass is 489 g/mol. The van der Waals surface area contributed by atoms with Gasteiger partial charge in [0, 0.05) is 30.4 Å². The lowest BCUT2D eigenvalue weighted by Gasteiger charge is -2.34. The second-order valence-corrected chi connectivity index (χ2v) is 9.34. The first-order chi connectivity index (χ1) is 17.2. The van der Waals surface area contributed by atoms with Crippen molar-refractivity contribution in [3.8, 4) is 5.75 Å². The molecule has 2 aromatic rings. The molecule has 4 rings (SSSR count). The summed E-state index contributed by atoms with van der Waals surface area (Å²) in [5.74, 6) is -1.90. The van der Waals surface area contributed by atoms with E-state index in [1.807, 2.05) is 25.9 Å². The molecular weight excluding hydrogens is 458 g/mol. The number of carbonyl (C=O) groups is 3. The zero-order chi connectivity index (χ0) is 26.2. The van der Waals surface area contributed by atoms with Crippen LogP contribution in [-0.4, -0.2) is 73.3 Å². The molecule has 0 bridgehead atoms. The van der Waals surface area contributed by atoms with Crippen molar-refractivity contribution >= 4 is 29.0 Å². The van der Waals surface area contributed by atoms with E-state index >= 15 is 0 Å². The largest absolute Gasteiger partial charge is 0.507 e. The van der Waals surface area contributed by atoms with E-state index in [9.17, 15) is 19.5 Å². The van der Waals surface area contributed by atoms with Gasteiger partial charge in [-0.2, -0.15) is 0 Å². The van der Waals surface area contributed by atoms with Crippen LogP contribution in [0.25, 0.3) is 5.76 Å². The van der Waals surface area contributed by atoms with Gasteiger partial charge in [-0.1, -0.05) is 30.9 Å². The number of likely N-dealkylation sites (N-methyl/N-ethyl adjacent to an activating group) is 1. The third-order valence-electron chi connectivity index (χ3n) is 6.73. The maximum atomic E-state index is 14.0. The smallest absolute Gasteiger partial charge is 0.296 e. The highest BCUT2D eigenvalue weighted by Gasteiger charge is 2.66. The van der Waals surface area contributed by atoms with Crippen molar-refractivity contribution in [3.05, 3.63) is 77.4 Å². The van der Waals surface area contributed by atoms with Crippen molar-refractivity contribution in [2.75, 3.05) is 45.7 Å². The second-order valence-electron chi connectivity index (χ2n) is 9.34. The minimum absolute atomic E-state index is 0.181. The zero-order valence-electron chi connectivity index (χ0n) is 21.1. The Kier molecular flexibility index (Phi) is 6.73. The van der Waals surface area contributed by atoms with Gasteiger partial charge in [-0.15, -0.1) is 0 Å². The van der Waals surface area contributed by atoms with Gasteiger partial charge in [0.05, 0.1) is 5.57 Å². The lowest BCUT2D eigenvalue weighted by molar-refractivity contribution is -0.143. The van der Waals surface area contributed by atoms with Gasteiger partial charge in [0.2, 0.25) is 0 Å². The lowest BCUT2D eigenvalue weighted by Crippen LogP contribution is -2.51. The first-order valence-corrected chi connectivity index (χ1v) is 11.8. The highest BCUT2D eigenvalue weighted by atomic mass is 16.5. The standard InChI is InChI=1S/C28H31N3O5/c1-6-16-36-22-13-12-19(17-18(22)2)24(32)23-25(33)26(34)31(15-9-14-29(3)4)28(23)20-10-7-8-11-21(20)30(5)27(28)35/h6-8,10-13,17,32H,1,9,14-16H2,2-5H3. The number of hydrogen-bond donors (Lipinski definition) is 1. The van der Waals surface area contributed by atoms with E-state index < -0.39 is 23.1 Å². The van der Waals surface area contributed by atoms with Crippen LogP contribution in [0.1, 0.15) is 23.1 Å². The number of aliphatic hydroxyl groups is 1. The van der Waals surface area contributed by atoms with Crippen LogP contribution in [-0.2, 0) is 19.9 Å². The molecule has 1 saturated heterocycles. The minimum Gasteiger partial charge on any atom is -0.507 e. The Morgan fingerprint density at radius 1 is 1.17 bits per heavy atom. The van der Waals surface area contributed by atoms with Gasteiger partial charge >= 0.3 is 0 Å². The molecule has 0 radical (unpaired) electrons. The SMILES string of the molecule is C=CCOc1ccc(C(O)=C2C(=O)C(=O)N(CCCN(C)C)C23C(=O)N(C)c2ccccc23)cc1C. The molecule has 2 aliphatic rings. The van der Waals surface area contributed by atoms with Crippen LogP contribution >= 0.6 is 0 Å². The number of nitrogens with zero attached hydrogens (tertiary/aromatic N) is 3. The average Bonchev–Trinajstić information content (AvgIpc) is 3.21. The maximum absolute atomic E-state index is 14.0. The number of likely N-dealkylation sites (tertiary alicyclic amines) is 1. The summed E-state index contributed by atoms with van der Waals surface area (Å²) in [5, 5.41) is 11.5. The van der Waals surface area contributed by atoms with E-state index in [0.717, 1.165) is 5.56 Å². The van der Waals surface area contributed by atoms with Crippen molar-refractivity contribution in [1.82, 2.24) is 9.80 Å². The average molecular weight is 490 g/mol. The molecule has 0 aliphatic carbocycles. The summed E-state index contributed by atoms with van der Waals surface area (Å²) in [4.78, 5) is 45.6. The van der Waals surface area contributed by atoms with E-state index in [2.05, 4.69) is 6.58 Å². The molecule has 36 heavy (non-hydrogen) atoms. The molecule has 0 saturated carbocycles. The molecule has 0 aromatic heterocycles. The van der Waals surface area contributed by atoms with Gasteiger partial charge in [0.25, 0.3) is 17.6 Å². The fourth-order valence-corrected chi connectivity index (χ4v) is 5.07. The van der Waals surface area contributed by atoms with E-state index in [1.54, 1.807) is 55.6 Å². The third-order valence-corrected chi connectivity index (χ3v) is 6.73. The summed E-state index contributed by atoms with van der Waals surface area (Å²) in [6, 6.07) is 12.1. The fourth-order valence-electron chi connectivity index (χ4n) is 5.07. The predicted octanol–water partition coefficient (Wildman–Crippen LogP) is 3.06. The zero-order valence-corrected chi connectivity index (χ0v) is 21.1. The Bertz CT molecular complexity index is 1280. The van der Waals surface area contributed by atoms with Crippen LogP contribution in [0.2, 0.25) is 0 Å². The molecular formula is C28H31N3O5. The number of anilines is 1. The molecule has 1 atom stereocenters. The summed E-state index contributed by atoms with van der Waals surface area (Å²) >= 11 is 0. The summed E-state index contributed by atoms with van der Waals surface area (Å²) in [6.07, 6.45) is 2.18. The van der Waals surface area contributed by atoms with Crippen molar-refractivity contribution in [2.24, 2.45) is 0 Å². The van der Waals surface area contributed by atoms with Gasteiger partial charge in [-0.3, -0.25) is 14.4 Å². The number of para-hydroxylation sites is 1. The van der Waals surface area contributed by atoms with Gasteiger partial charge < -0.3 is 24.5 Å².